The minimum Gasteiger partial charge on any atom is -0.389 e. The van der Waals surface area contributed by atoms with Gasteiger partial charge < -0.3 is 15.0 Å². The summed E-state index contributed by atoms with van der Waals surface area (Å²) in [5, 5.41) is 12.9. The van der Waals surface area contributed by atoms with E-state index in [1.54, 1.807) is 13.8 Å². The van der Waals surface area contributed by atoms with Crippen molar-refractivity contribution in [2.45, 2.75) is 26.4 Å². The normalized spacial score (nSPS) is 12.1. The topological polar surface area (TPSA) is 50.1 Å². The summed E-state index contributed by atoms with van der Waals surface area (Å²) in [5.41, 5.74) is 2.37. The smallest absolute Gasteiger partial charge is 0.106 e. The van der Waals surface area contributed by atoms with Crippen LogP contribution >= 0.6 is 0 Å². The molecule has 4 heteroatoms. The van der Waals surface area contributed by atoms with Crippen LogP contribution in [-0.2, 0) is 7.05 Å². The largest absolute Gasteiger partial charge is 0.389 e. The lowest BCUT2D eigenvalue weighted by molar-refractivity contribution is 0.0945. The van der Waals surface area contributed by atoms with E-state index in [1.807, 2.05) is 32.2 Å². The van der Waals surface area contributed by atoms with Crippen molar-refractivity contribution in [3.05, 3.63) is 24.0 Å². The van der Waals surface area contributed by atoms with E-state index in [2.05, 4.69) is 14.9 Å². The van der Waals surface area contributed by atoms with Crippen LogP contribution in [0.15, 0.2) is 18.2 Å². The van der Waals surface area contributed by atoms with Gasteiger partial charge in [-0.1, -0.05) is 0 Å². The SMILES string of the molecule is Cc1nc2cc(NCC(C)(C)O)ccc2n1C. The average Bonchev–Trinajstić information content (AvgIpc) is 2.51. The summed E-state index contributed by atoms with van der Waals surface area (Å²) >= 11 is 0. The Kier molecular flexibility index (Phi) is 2.83. The van der Waals surface area contributed by atoms with Gasteiger partial charge in [-0.05, 0) is 39.0 Å². The third-order valence-electron chi connectivity index (χ3n) is 2.83. The summed E-state index contributed by atoms with van der Waals surface area (Å²) in [6.07, 6.45) is 0. The fourth-order valence-electron chi connectivity index (χ4n) is 1.75. The zero-order chi connectivity index (χ0) is 12.6. The van der Waals surface area contributed by atoms with E-state index in [0.717, 1.165) is 22.5 Å². The summed E-state index contributed by atoms with van der Waals surface area (Å²) in [6.45, 7) is 6.07. The number of hydrogen-bond donors (Lipinski definition) is 2. The van der Waals surface area contributed by atoms with Gasteiger partial charge in [-0.2, -0.15) is 0 Å². The van der Waals surface area contributed by atoms with Crippen molar-refractivity contribution in [3.8, 4) is 0 Å². The van der Waals surface area contributed by atoms with Crippen molar-refractivity contribution >= 4 is 16.7 Å². The van der Waals surface area contributed by atoms with E-state index in [1.165, 1.54) is 0 Å². The van der Waals surface area contributed by atoms with Crippen LogP contribution in [0.4, 0.5) is 5.69 Å². The summed E-state index contributed by atoms with van der Waals surface area (Å²) in [6, 6.07) is 6.06. The Balaban J connectivity index is 2.26. The van der Waals surface area contributed by atoms with Crippen LogP contribution in [0.3, 0.4) is 0 Å². The van der Waals surface area contributed by atoms with E-state index in [0.29, 0.717) is 6.54 Å². The summed E-state index contributed by atoms with van der Waals surface area (Å²) in [5.74, 6) is 1.000. The number of imidazole rings is 1. The van der Waals surface area contributed by atoms with Crippen molar-refractivity contribution in [2.75, 3.05) is 11.9 Å². The van der Waals surface area contributed by atoms with Crippen LogP contribution in [0.5, 0.6) is 0 Å². The fourth-order valence-corrected chi connectivity index (χ4v) is 1.75. The molecule has 0 fully saturated rings. The van der Waals surface area contributed by atoms with Gasteiger partial charge in [-0.15, -0.1) is 0 Å². The number of benzene rings is 1. The molecule has 2 rings (SSSR count). The molecular formula is C13H19N3O. The maximum atomic E-state index is 9.66. The maximum absolute atomic E-state index is 9.66. The Morgan fingerprint density at radius 3 is 2.76 bits per heavy atom. The standard InChI is InChI=1S/C13H19N3O/c1-9-15-11-7-10(14-8-13(2,3)17)5-6-12(11)16(9)4/h5-7,14,17H,8H2,1-4H3. The van der Waals surface area contributed by atoms with Gasteiger partial charge >= 0.3 is 0 Å². The van der Waals surface area contributed by atoms with Crippen LogP contribution in [0.2, 0.25) is 0 Å². The molecule has 1 heterocycles. The average molecular weight is 233 g/mol. The van der Waals surface area contributed by atoms with E-state index < -0.39 is 5.60 Å². The molecule has 17 heavy (non-hydrogen) atoms. The minimum absolute atomic E-state index is 0.518. The first-order valence-corrected chi connectivity index (χ1v) is 5.76. The first kappa shape index (κ1) is 11.9. The molecule has 0 unspecified atom stereocenters. The van der Waals surface area contributed by atoms with Crippen molar-refractivity contribution in [1.29, 1.82) is 0 Å². The highest BCUT2D eigenvalue weighted by molar-refractivity contribution is 5.80. The molecule has 0 amide bonds. The molecule has 0 atom stereocenters. The first-order valence-electron chi connectivity index (χ1n) is 5.76. The Hall–Kier alpha value is -1.55. The number of aromatic nitrogens is 2. The summed E-state index contributed by atoms with van der Waals surface area (Å²) < 4.78 is 2.06. The molecule has 4 nitrogen and oxygen atoms in total. The molecule has 0 aliphatic heterocycles. The molecule has 2 N–H and O–H groups in total. The van der Waals surface area contributed by atoms with Crippen molar-refractivity contribution in [1.82, 2.24) is 9.55 Å². The Morgan fingerprint density at radius 2 is 2.12 bits per heavy atom. The minimum atomic E-state index is -0.713. The van der Waals surface area contributed by atoms with Gasteiger partial charge in [0.1, 0.15) is 5.82 Å². The molecule has 1 aromatic heterocycles. The monoisotopic (exact) mass is 233 g/mol. The van der Waals surface area contributed by atoms with Crippen LogP contribution in [0.1, 0.15) is 19.7 Å². The van der Waals surface area contributed by atoms with Gasteiger partial charge in [0.05, 0.1) is 16.6 Å². The second-order valence-corrected chi connectivity index (χ2v) is 5.09. The second kappa shape index (κ2) is 4.04. The third kappa shape index (κ3) is 2.58. The third-order valence-corrected chi connectivity index (χ3v) is 2.83. The lowest BCUT2D eigenvalue weighted by Crippen LogP contribution is -2.29. The van der Waals surface area contributed by atoms with Crippen LogP contribution in [-0.4, -0.2) is 26.8 Å². The molecule has 0 aliphatic carbocycles. The zero-order valence-electron chi connectivity index (χ0n) is 10.8. The van der Waals surface area contributed by atoms with Gasteiger partial charge in [0.2, 0.25) is 0 Å². The fraction of sp³-hybridized carbons (Fsp3) is 0.462. The van der Waals surface area contributed by atoms with E-state index >= 15 is 0 Å². The molecule has 0 radical (unpaired) electrons. The first-order chi connectivity index (χ1) is 7.87. The Bertz CT molecular complexity index is 537. The number of rotatable bonds is 3. The van der Waals surface area contributed by atoms with E-state index in [4.69, 9.17) is 0 Å². The molecular weight excluding hydrogens is 214 g/mol. The van der Waals surface area contributed by atoms with Crippen molar-refractivity contribution in [3.63, 3.8) is 0 Å². The summed E-state index contributed by atoms with van der Waals surface area (Å²) in [7, 11) is 2.01. The highest BCUT2D eigenvalue weighted by Gasteiger charge is 2.12. The number of aliphatic hydroxyl groups is 1. The number of fused-ring (bicyclic) bond motifs is 1. The molecule has 2 aromatic rings. The number of aryl methyl sites for hydroxylation is 2. The summed E-state index contributed by atoms with van der Waals surface area (Å²) in [4.78, 5) is 4.48. The van der Waals surface area contributed by atoms with Crippen LogP contribution < -0.4 is 5.32 Å². The Morgan fingerprint density at radius 1 is 1.41 bits per heavy atom. The predicted molar refractivity (Wildman–Crippen MR) is 70.2 cm³/mol. The molecule has 0 saturated carbocycles. The molecule has 0 saturated heterocycles. The van der Waals surface area contributed by atoms with Crippen molar-refractivity contribution in [2.24, 2.45) is 7.05 Å². The number of nitrogens with one attached hydrogen (secondary N) is 1. The molecule has 0 spiro atoms. The van der Waals surface area contributed by atoms with Gasteiger partial charge in [0.25, 0.3) is 0 Å². The molecule has 92 valence electrons. The van der Waals surface area contributed by atoms with E-state index in [9.17, 15) is 5.11 Å². The van der Waals surface area contributed by atoms with Crippen LogP contribution in [0, 0.1) is 6.92 Å². The molecule has 1 aromatic carbocycles. The number of hydrogen-bond acceptors (Lipinski definition) is 3. The van der Waals surface area contributed by atoms with Gasteiger partial charge in [-0.25, -0.2) is 4.98 Å². The van der Waals surface area contributed by atoms with Gasteiger partial charge in [0.15, 0.2) is 0 Å². The lowest BCUT2D eigenvalue weighted by Gasteiger charge is -2.18. The second-order valence-electron chi connectivity index (χ2n) is 5.09. The number of anilines is 1. The van der Waals surface area contributed by atoms with Gasteiger partial charge in [-0.3, -0.25) is 0 Å². The number of nitrogens with zero attached hydrogens (tertiary/aromatic N) is 2. The quantitative estimate of drug-likeness (QED) is 0.853. The lowest BCUT2D eigenvalue weighted by atomic mass is 10.1. The molecule has 0 aliphatic rings. The highest BCUT2D eigenvalue weighted by Crippen LogP contribution is 2.19. The van der Waals surface area contributed by atoms with E-state index in [-0.39, 0.29) is 0 Å². The zero-order valence-corrected chi connectivity index (χ0v) is 10.8. The predicted octanol–water partition coefficient (Wildman–Crippen LogP) is 2.06. The Labute approximate surface area is 101 Å². The highest BCUT2D eigenvalue weighted by atomic mass is 16.3. The van der Waals surface area contributed by atoms with Gasteiger partial charge in [0, 0.05) is 19.3 Å². The molecule has 0 bridgehead atoms. The van der Waals surface area contributed by atoms with Crippen LogP contribution in [0.25, 0.3) is 11.0 Å². The van der Waals surface area contributed by atoms with Crippen molar-refractivity contribution < 1.29 is 5.11 Å². The maximum Gasteiger partial charge on any atom is 0.106 e.